The van der Waals surface area contributed by atoms with E-state index in [-0.39, 0.29) is 0 Å². The first-order valence-electron chi connectivity index (χ1n) is 3.21. The summed E-state index contributed by atoms with van der Waals surface area (Å²) in [4.78, 5) is 0. The Labute approximate surface area is 68.0 Å². The zero-order valence-corrected chi connectivity index (χ0v) is 6.13. The summed E-state index contributed by atoms with van der Waals surface area (Å²) in [7, 11) is -6.00. The summed E-state index contributed by atoms with van der Waals surface area (Å²) in [6, 6.07) is 14.0. The van der Waals surface area contributed by atoms with Gasteiger partial charge in [-0.05, 0) is 0 Å². The van der Waals surface area contributed by atoms with E-state index in [0.717, 1.165) is 0 Å². The van der Waals surface area contributed by atoms with Crippen LogP contribution in [0.2, 0.25) is 0 Å². The number of rotatable bonds is 0. The Morgan fingerprint density at radius 1 is 0.750 bits per heavy atom. The van der Waals surface area contributed by atoms with Crippen molar-refractivity contribution in [2.24, 2.45) is 0 Å². The van der Waals surface area contributed by atoms with Gasteiger partial charge in [-0.25, -0.2) is 0 Å². The first kappa shape index (κ1) is 10.9. The molecule has 0 radical (unpaired) electrons. The van der Waals surface area contributed by atoms with Gasteiger partial charge in [-0.15, -0.1) is 0 Å². The lowest BCUT2D eigenvalue weighted by Gasteiger charge is -1.94. The Kier molecular flexibility index (Phi) is 5.00. The predicted molar refractivity (Wildman–Crippen MR) is 41.0 cm³/mol. The highest BCUT2D eigenvalue weighted by atomic mass is 19.5. The fourth-order valence-electron chi connectivity index (χ4n) is 0.449. The molecule has 0 heterocycles. The number of hydrogen-bond acceptors (Lipinski definition) is 0. The van der Waals surface area contributed by atoms with E-state index in [1.807, 2.05) is 42.5 Å². The average Bonchev–Trinajstić information content (AvgIpc) is 2.10. The van der Waals surface area contributed by atoms with Gasteiger partial charge in [-0.3, -0.25) is 0 Å². The molecule has 1 rings (SSSR count). The first-order valence-corrected chi connectivity index (χ1v) is 3.21. The van der Waals surface area contributed by atoms with E-state index in [9.17, 15) is 17.3 Å². The van der Waals surface area contributed by atoms with Crippen molar-refractivity contribution in [3.05, 3.63) is 42.5 Å². The molecule has 66 valence electrons. The van der Waals surface area contributed by atoms with Gasteiger partial charge >= 0.3 is 7.25 Å². The zero-order chi connectivity index (χ0) is 9.45. The summed E-state index contributed by atoms with van der Waals surface area (Å²) in [6.45, 7) is 0. The Hall–Kier alpha value is -1.13. The Bertz CT molecular complexity index is 158. The quantitative estimate of drug-likeness (QED) is 0.325. The minimum absolute atomic E-state index is 2.00. The van der Waals surface area contributed by atoms with Gasteiger partial charge in [0, 0.05) is 42.5 Å². The summed E-state index contributed by atoms with van der Waals surface area (Å²) in [5.41, 5.74) is 0. The lowest BCUT2D eigenvalue weighted by Crippen LogP contribution is -2.02. The van der Waals surface area contributed by atoms with Crippen LogP contribution >= 0.6 is 0 Å². The van der Waals surface area contributed by atoms with E-state index in [1.54, 1.807) is 0 Å². The molecule has 0 bridgehead atoms. The Balaban J connectivity index is 0.000000217. The molecule has 0 aliphatic carbocycles. The molecule has 0 saturated carbocycles. The van der Waals surface area contributed by atoms with Gasteiger partial charge in [-0.2, -0.15) is 0 Å². The van der Waals surface area contributed by atoms with E-state index >= 15 is 0 Å². The smallest absolute Gasteiger partial charge is 0.418 e. The third-order valence-corrected chi connectivity index (χ3v) is 0.778. The molecule has 0 aliphatic rings. The highest BCUT2D eigenvalue weighted by molar-refractivity contribution is 6.50. The molecule has 0 unspecified atom stereocenters. The zero-order valence-electron chi connectivity index (χ0n) is 6.13. The second kappa shape index (κ2) is 5.52. The monoisotopic (exact) mass is 178 g/mol. The maximum absolute atomic E-state index is 9.75. The van der Waals surface area contributed by atoms with Crippen molar-refractivity contribution in [2.45, 2.75) is 0 Å². The molecule has 5 heteroatoms. The van der Waals surface area contributed by atoms with Gasteiger partial charge in [0.2, 0.25) is 0 Å². The van der Waals surface area contributed by atoms with Crippen LogP contribution in [0.25, 0.3) is 0 Å². The van der Waals surface area contributed by atoms with E-state index in [2.05, 4.69) is 0 Å². The molecule has 0 atom stereocenters. The van der Waals surface area contributed by atoms with Crippen LogP contribution in [0.5, 0.6) is 0 Å². The van der Waals surface area contributed by atoms with Crippen molar-refractivity contribution in [1.82, 2.24) is 0 Å². The van der Waals surface area contributed by atoms with Crippen LogP contribution in [0.1, 0.15) is 0 Å². The van der Waals surface area contributed by atoms with Crippen LogP contribution in [0.15, 0.2) is 42.5 Å². The van der Waals surface area contributed by atoms with Crippen LogP contribution in [0, 0.1) is 0 Å². The molecular formula is C7H7BF4. The lowest BCUT2D eigenvalue weighted by molar-refractivity contribution is 0.368. The molecule has 1 aromatic carbocycles. The second-order valence-electron chi connectivity index (χ2n) is 1.84. The minimum atomic E-state index is -6.00. The van der Waals surface area contributed by atoms with Crippen LogP contribution < -0.4 is 0 Å². The normalized spacial score (nSPS) is 9.67. The SMILES string of the molecule is F[B-](F)(F)F.c1ccc[cH+]cc1. The fraction of sp³-hybridized carbons (Fsp3) is 0. The average molecular weight is 178 g/mol. The van der Waals surface area contributed by atoms with Gasteiger partial charge in [-0.1, -0.05) is 0 Å². The third kappa shape index (κ3) is 15.9. The summed E-state index contributed by atoms with van der Waals surface area (Å²) >= 11 is 0. The molecule has 0 saturated heterocycles. The largest absolute Gasteiger partial charge is 0.673 e. The topological polar surface area (TPSA) is 0 Å². The predicted octanol–water partition coefficient (Wildman–Crippen LogP) is 3.27. The van der Waals surface area contributed by atoms with Crippen LogP contribution in [-0.4, -0.2) is 7.25 Å². The minimum Gasteiger partial charge on any atom is -0.418 e. The van der Waals surface area contributed by atoms with E-state index in [4.69, 9.17) is 0 Å². The molecule has 0 amide bonds. The van der Waals surface area contributed by atoms with Gasteiger partial charge < -0.3 is 17.3 Å². The molecule has 0 aliphatic heterocycles. The first-order chi connectivity index (χ1) is 5.50. The third-order valence-electron chi connectivity index (χ3n) is 0.778. The molecule has 0 nitrogen and oxygen atoms in total. The highest BCUT2D eigenvalue weighted by Gasteiger charge is 2.20. The Morgan fingerprint density at radius 3 is 1.42 bits per heavy atom. The molecule has 1 aromatic rings. The van der Waals surface area contributed by atoms with Crippen LogP contribution in [0.3, 0.4) is 0 Å². The van der Waals surface area contributed by atoms with Crippen molar-refractivity contribution in [1.29, 1.82) is 0 Å². The summed E-state index contributed by atoms with van der Waals surface area (Å²) in [5.74, 6) is 0. The fourth-order valence-corrected chi connectivity index (χ4v) is 0.449. The standard InChI is InChI=1S/C7H7.BF4/c1-2-4-6-7-5-3-1;2-1(3,4)5/h1-7H;/q+1;-1. The van der Waals surface area contributed by atoms with Gasteiger partial charge in [0.05, 0.1) is 0 Å². The van der Waals surface area contributed by atoms with E-state index in [0.29, 0.717) is 0 Å². The Morgan fingerprint density at radius 2 is 1.08 bits per heavy atom. The van der Waals surface area contributed by atoms with Crippen molar-refractivity contribution in [3.63, 3.8) is 0 Å². The number of hydrogen-bond donors (Lipinski definition) is 0. The number of halogens is 4. The van der Waals surface area contributed by atoms with Crippen LogP contribution in [0.4, 0.5) is 17.3 Å². The summed E-state index contributed by atoms with van der Waals surface area (Å²) in [6.07, 6.45) is 0. The van der Waals surface area contributed by atoms with E-state index in [1.165, 1.54) is 0 Å². The van der Waals surface area contributed by atoms with Gasteiger partial charge in [0.1, 0.15) is 0 Å². The van der Waals surface area contributed by atoms with E-state index < -0.39 is 7.25 Å². The van der Waals surface area contributed by atoms with Crippen molar-refractivity contribution >= 4 is 7.25 Å². The maximum Gasteiger partial charge on any atom is 0.673 e. The summed E-state index contributed by atoms with van der Waals surface area (Å²) < 4.78 is 39.0. The second-order valence-corrected chi connectivity index (χ2v) is 1.84. The van der Waals surface area contributed by atoms with Gasteiger partial charge in [0.15, 0.2) is 0 Å². The molecule has 0 aromatic heterocycles. The van der Waals surface area contributed by atoms with Crippen molar-refractivity contribution in [2.75, 3.05) is 0 Å². The lowest BCUT2D eigenvalue weighted by atomic mass is 10.3. The molecule has 12 heavy (non-hydrogen) atoms. The van der Waals surface area contributed by atoms with Crippen molar-refractivity contribution < 1.29 is 17.3 Å². The van der Waals surface area contributed by atoms with Crippen LogP contribution in [-0.2, 0) is 0 Å². The molecule has 0 N–H and O–H groups in total. The maximum atomic E-state index is 9.75. The van der Waals surface area contributed by atoms with Gasteiger partial charge in [0.25, 0.3) is 0 Å². The molecule has 0 spiro atoms. The van der Waals surface area contributed by atoms with Crippen molar-refractivity contribution in [3.8, 4) is 0 Å². The highest BCUT2D eigenvalue weighted by Crippen LogP contribution is 2.06. The summed E-state index contributed by atoms with van der Waals surface area (Å²) in [5, 5.41) is 0. The molecule has 0 fully saturated rings. The molecular weight excluding hydrogens is 171 g/mol.